The van der Waals surface area contributed by atoms with Crippen LogP contribution in [0.5, 0.6) is 5.75 Å². The highest BCUT2D eigenvalue weighted by molar-refractivity contribution is 5.94. The first kappa shape index (κ1) is 18.4. The summed E-state index contributed by atoms with van der Waals surface area (Å²) in [5.41, 5.74) is 2.52. The number of nitrogens with zero attached hydrogens (tertiary/aromatic N) is 3. The number of alkyl halides is 3. The zero-order valence-electron chi connectivity index (χ0n) is 14.2. The van der Waals surface area contributed by atoms with Gasteiger partial charge in [0.05, 0.1) is 11.9 Å². The van der Waals surface area contributed by atoms with Gasteiger partial charge >= 0.3 is 6.36 Å². The molecule has 0 fully saturated rings. The van der Waals surface area contributed by atoms with E-state index >= 15 is 0 Å². The summed E-state index contributed by atoms with van der Waals surface area (Å²) in [7, 11) is 1.79. The average Bonchev–Trinajstić information content (AvgIpc) is 3.05. The molecule has 1 amide bonds. The highest BCUT2D eigenvalue weighted by Gasteiger charge is 2.31. The van der Waals surface area contributed by atoms with E-state index in [0.29, 0.717) is 5.69 Å². The van der Waals surface area contributed by atoms with E-state index in [0.717, 1.165) is 23.3 Å². The lowest BCUT2D eigenvalue weighted by atomic mass is 10.1. The van der Waals surface area contributed by atoms with Crippen molar-refractivity contribution in [3.63, 3.8) is 0 Å². The number of aromatic nitrogens is 3. The van der Waals surface area contributed by atoms with Crippen molar-refractivity contribution in [2.75, 3.05) is 0 Å². The molecule has 0 radical (unpaired) electrons. The van der Waals surface area contributed by atoms with Crippen LogP contribution in [0.2, 0.25) is 0 Å². The summed E-state index contributed by atoms with van der Waals surface area (Å²) in [5.74, 6) is -0.806. The van der Waals surface area contributed by atoms with E-state index in [-0.39, 0.29) is 17.9 Å². The number of hydrogen-bond acceptors (Lipinski definition) is 4. The molecular formula is C18H15F3N4O2. The third kappa shape index (κ3) is 4.84. The first-order valence-corrected chi connectivity index (χ1v) is 7.89. The minimum absolute atomic E-state index is 0.206. The summed E-state index contributed by atoms with van der Waals surface area (Å²) in [4.78, 5) is 16.6. The Hall–Kier alpha value is -3.36. The maximum Gasteiger partial charge on any atom is 0.573 e. The second kappa shape index (κ2) is 7.48. The first-order valence-electron chi connectivity index (χ1n) is 7.89. The molecule has 9 heteroatoms. The van der Waals surface area contributed by atoms with Crippen LogP contribution in [-0.2, 0) is 13.6 Å². The Balaban J connectivity index is 1.68. The van der Waals surface area contributed by atoms with E-state index in [9.17, 15) is 18.0 Å². The smallest absolute Gasteiger partial charge is 0.406 e. The van der Waals surface area contributed by atoms with E-state index in [1.807, 2.05) is 12.3 Å². The largest absolute Gasteiger partial charge is 0.573 e. The Morgan fingerprint density at radius 2 is 1.96 bits per heavy atom. The number of pyridine rings is 1. The Labute approximate surface area is 152 Å². The van der Waals surface area contributed by atoms with E-state index in [1.165, 1.54) is 12.1 Å². The highest BCUT2D eigenvalue weighted by atomic mass is 19.4. The van der Waals surface area contributed by atoms with Crippen molar-refractivity contribution < 1.29 is 22.7 Å². The van der Waals surface area contributed by atoms with Gasteiger partial charge < -0.3 is 10.1 Å². The predicted octanol–water partition coefficient (Wildman–Crippen LogP) is 3.31. The number of carbonyl (C=O) groups is 1. The van der Waals surface area contributed by atoms with Crippen LogP contribution < -0.4 is 10.1 Å². The summed E-state index contributed by atoms with van der Waals surface area (Å²) in [6, 6.07) is 8.30. The van der Waals surface area contributed by atoms with E-state index in [4.69, 9.17) is 0 Å². The number of ether oxygens (including phenoxy) is 1. The monoisotopic (exact) mass is 376 g/mol. The zero-order valence-corrected chi connectivity index (χ0v) is 14.2. The van der Waals surface area contributed by atoms with Crippen LogP contribution in [0.1, 0.15) is 15.9 Å². The molecule has 0 aliphatic heterocycles. The molecular weight excluding hydrogens is 361 g/mol. The molecule has 140 valence electrons. The number of benzene rings is 1. The number of amides is 1. The molecule has 0 saturated carbocycles. The lowest BCUT2D eigenvalue weighted by Gasteiger charge is -2.10. The molecule has 0 bridgehead atoms. The molecule has 27 heavy (non-hydrogen) atoms. The molecule has 6 nitrogen and oxygen atoms in total. The second-order valence-corrected chi connectivity index (χ2v) is 5.67. The summed E-state index contributed by atoms with van der Waals surface area (Å²) in [5, 5.41) is 6.84. The normalized spacial score (nSPS) is 11.3. The molecule has 3 rings (SSSR count). The van der Waals surface area contributed by atoms with Gasteiger partial charge in [-0.25, -0.2) is 0 Å². The van der Waals surface area contributed by atoms with Crippen molar-refractivity contribution in [3.05, 3.63) is 66.1 Å². The topological polar surface area (TPSA) is 69.0 Å². The van der Waals surface area contributed by atoms with Crippen molar-refractivity contribution in [2.45, 2.75) is 12.9 Å². The summed E-state index contributed by atoms with van der Waals surface area (Å²) >= 11 is 0. The van der Waals surface area contributed by atoms with Gasteiger partial charge in [0.1, 0.15) is 5.75 Å². The van der Waals surface area contributed by atoms with E-state index in [1.54, 1.807) is 30.2 Å². The van der Waals surface area contributed by atoms with Gasteiger partial charge in [0, 0.05) is 37.1 Å². The lowest BCUT2D eigenvalue weighted by molar-refractivity contribution is -0.274. The Kier molecular flexibility index (Phi) is 5.11. The summed E-state index contributed by atoms with van der Waals surface area (Å²) in [6.45, 7) is 0.206. The summed E-state index contributed by atoms with van der Waals surface area (Å²) < 4.78 is 42.0. The number of aryl methyl sites for hydroxylation is 1. The number of hydrogen-bond donors (Lipinski definition) is 1. The van der Waals surface area contributed by atoms with E-state index in [2.05, 4.69) is 20.1 Å². The molecule has 1 aromatic carbocycles. The molecule has 0 spiro atoms. The van der Waals surface area contributed by atoms with Gasteiger partial charge in [-0.1, -0.05) is 6.07 Å². The first-order chi connectivity index (χ1) is 12.8. The van der Waals surface area contributed by atoms with Crippen LogP contribution in [0.15, 0.2) is 55.0 Å². The average molecular weight is 376 g/mol. The Bertz CT molecular complexity index is 936. The standard InChI is InChI=1S/C18H15F3N4O2/c1-25-11-14(10-24-25)16-13(3-2-8-22-16)9-23-17(26)12-4-6-15(7-5-12)27-18(19,20)21/h2-8,10-11H,9H2,1H3,(H,23,26). The number of halogens is 3. The molecule has 0 saturated heterocycles. The van der Waals surface area contributed by atoms with Gasteiger partial charge in [0.15, 0.2) is 0 Å². The van der Waals surface area contributed by atoms with Crippen molar-refractivity contribution in [1.29, 1.82) is 0 Å². The van der Waals surface area contributed by atoms with Gasteiger partial charge in [-0.2, -0.15) is 5.10 Å². The number of carbonyl (C=O) groups excluding carboxylic acids is 1. The SMILES string of the molecule is Cn1cc(-c2ncccc2CNC(=O)c2ccc(OC(F)(F)F)cc2)cn1. The third-order valence-electron chi connectivity index (χ3n) is 3.66. The second-order valence-electron chi connectivity index (χ2n) is 5.67. The molecule has 2 heterocycles. The predicted molar refractivity (Wildman–Crippen MR) is 90.7 cm³/mol. The van der Waals surface area contributed by atoms with Crippen molar-refractivity contribution in [1.82, 2.24) is 20.1 Å². The fourth-order valence-electron chi connectivity index (χ4n) is 2.47. The van der Waals surface area contributed by atoms with Gasteiger partial charge in [-0.05, 0) is 35.9 Å². The molecule has 0 aliphatic rings. The molecule has 0 aliphatic carbocycles. The van der Waals surface area contributed by atoms with Gasteiger partial charge in [-0.3, -0.25) is 14.5 Å². The van der Waals surface area contributed by atoms with E-state index < -0.39 is 12.3 Å². The molecule has 3 aromatic rings. The fourth-order valence-corrected chi connectivity index (χ4v) is 2.47. The Morgan fingerprint density at radius 1 is 1.22 bits per heavy atom. The third-order valence-corrected chi connectivity index (χ3v) is 3.66. The summed E-state index contributed by atoms with van der Waals surface area (Å²) in [6.07, 6.45) is 0.361. The van der Waals surface area contributed by atoms with Crippen LogP contribution in [0.25, 0.3) is 11.3 Å². The maximum atomic E-state index is 12.3. The number of nitrogens with one attached hydrogen (secondary N) is 1. The van der Waals surface area contributed by atoms with Crippen molar-refractivity contribution in [2.24, 2.45) is 7.05 Å². The number of rotatable bonds is 5. The zero-order chi connectivity index (χ0) is 19.4. The minimum Gasteiger partial charge on any atom is -0.406 e. The minimum atomic E-state index is -4.77. The molecule has 0 unspecified atom stereocenters. The Morgan fingerprint density at radius 3 is 2.59 bits per heavy atom. The van der Waals surface area contributed by atoms with Gasteiger partial charge in [0.25, 0.3) is 5.91 Å². The van der Waals surface area contributed by atoms with Gasteiger partial charge in [-0.15, -0.1) is 13.2 Å². The molecule has 1 N–H and O–H groups in total. The lowest BCUT2D eigenvalue weighted by Crippen LogP contribution is -2.23. The molecule has 0 atom stereocenters. The van der Waals surface area contributed by atoms with Crippen molar-refractivity contribution in [3.8, 4) is 17.0 Å². The van der Waals surface area contributed by atoms with Crippen LogP contribution >= 0.6 is 0 Å². The van der Waals surface area contributed by atoms with Crippen LogP contribution in [-0.4, -0.2) is 27.0 Å². The van der Waals surface area contributed by atoms with Crippen LogP contribution in [0.4, 0.5) is 13.2 Å². The van der Waals surface area contributed by atoms with Crippen molar-refractivity contribution >= 4 is 5.91 Å². The van der Waals surface area contributed by atoms with Crippen LogP contribution in [0, 0.1) is 0 Å². The maximum absolute atomic E-state index is 12.3. The highest BCUT2D eigenvalue weighted by Crippen LogP contribution is 2.23. The quantitative estimate of drug-likeness (QED) is 0.742. The van der Waals surface area contributed by atoms with Gasteiger partial charge in [0.2, 0.25) is 0 Å². The van der Waals surface area contributed by atoms with Crippen LogP contribution in [0.3, 0.4) is 0 Å². The fraction of sp³-hybridized carbons (Fsp3) is 0.167. The molecule has 2 aromatic heterocycles.